The Hall–Kier alpha value is -3.12. The molecule has 42 heavy (non-hydrogen) atoms. The van der Waals surface area contributed by atoms with E-state index in [-0.39, 0.29) is 50.7 Å². The van der Waals surface area contributed by atoms with Crippen LogP contribution in [0.4, 0.5) is 10.1 Å². The number of halogens is 1. The molecule has 3 aromatic rings. The first-order valence-electron chi connectivity index (χ1n) is 14.3. The van der Waals surface area contributed by atoms with Crippen molar-refractivity contribution in [3.63, 3.8) is 0 Å². The van der Waals surface area contributed by atoms with Crippen molar-refractivity contribution in [3.05, 3.63) is 89.7 Å². The number of likely N-dealkylation sites (N-methyl/N-ethyl adjacent to an activating group) is 1. The predicted molar refractivity (Wildman–Crippen MR) is 166 cm³/mol. The van der Waals surface area contributed by atoms with Crippen molar-refractivity contribution in [1.29, 1.82) is 5.26 Å². The number of fused-ring (bicyclic) bond motifs is 2. The van der Waals surface area contributed by atoms with Gasteiger partial charge in [-0.15, -0.1) is 0 Å². The molecule has 5 rings (SSSR count). The van der Waals surface area contributed by atoms with E-state index < -0.39 is 0 Å². The minimum absolute atomic E-state index is 0.00253. The summed E-state index contributed by atoms with van der Waals surface area (Å²) in [6.45, 7) is 2.92. The molecule has 3 aromatic carbocycles. The Bertz CT molecular complexity index is 1440. The summed E-state index contributed by atoms with van der Waals surface area (Å²) >= 11 is 1.68. The summed E-state index contributed by atoms with van der Waals surface area (Å²) in [5, 5.41) is 22.5. The number of phenols is 1. The molecular formula is C33H34FN3O3SSe. The average molecular weight is 651 g/mol. The molecule has 0 aromatic heterocycles. The second-order valence-corrected chi connectivity index (χ2v) is 13.3. The van der Waals surface area contributed by atoms with E-state index in [0.717, 1.165) is 70.4 Å². The monoisotopic (exact) mass is 651 g/mol. The molecule has 2 heterocycles. The average Bonchev–Trinajstić information content (AvgIpc) is 3.59. The molecule has 3 unspecified atom stereocenters. The van der Waals surface area contributed by atoms with Crippen LogP contribution in [0.2, 0.25) is 5.32 Å². The summed E-state index contributed by atoms with van der Waals surface area (Å²) in [6, 6.07) is 21.9. The summed E-state index contributed by atoms with van der Waals surface area (Å²) in [5.41, 5.74) is 5.07. The van der Waals surface area contributed by atoms with Crippen LogP contribution in [0.1, 0.15) is 50.2 Å². The molecule has 3 atom stereocenters. The van der Waals surface area contributed by atoms with Gasteiger partial charge in [-0.1, -0.05) is 19.1 Å². The van der Waals surface area contributed by atoms with Crippen LogP contribution in [0.3, 0.4) is 0 Å². The number of nitrogens with one attached hydrogen (secondary N) is 1. The number of carbonyl (C=O) groups excluding carboxylic acids is 1. The van der Waals surface area contributed by atoms with Crippen LogP contribution >= 0.6 is 11.9 Å². The fourth-order valence-electron chi connectivity index (χ4n) is 5.65. The van der Waals surface area contributed by atoms with Crippen molar-refractivity contribution < 1.29 is 19.0 Å². The number of phenolic OH excluding ortho intramolecular Hbond substituents is 1. The summed E-state index contributed by atoms with van der Waals surface area (Å²) in [4.78, 5) is 15.7. The molecule has 0 saturated carbocycles. The number of benzene rings is 3. The number of amides is 1. The van der Waals surface area contributed by atoms with Crippen molar-refractivity contribution in [2.45, 2.75) is 67.5 Å². The molecule has 2 bridgehead atoms. The molecule has 6 nitrogen and oxygen atoms in total. The van der Waals surface area contributed by atoms with Gasteiger partial charge in [0.25, 0.3) is 0 Å². The summed E-state index contributed by atoms with van der Waals surface area (Å²) in [5.74, 6) is -0.0299. The van der Waals surface area contributed by atoms with E-state index in [9.17, 15) is 14.3 Å². The Morgan fingerprint density at radius 3 is 2.43 bits per heavy atom. The van der Waals surface area contributed by atoms with Gasteiger partial charge >= 0.3 is 113 Å². The maximum atomic E-state index is 13.5. The summed E-state index contributed by atoms with van der Waals surface area (Å²) < 4.78 is 22.5. The van der Waals surface area contributed by atoms with Gasteiger partial charge < -0.3 is 9.84 Å². The molecule has 0 spiro atoms. The molecule has 1 amide bonds. The SMILES string of the molecule is CCN(Sc1ccc(F)cc1)C1CC2OC1C(c1ccc(NC(=O)CCCCC[Se]C#N)cc1)=C2c1ccc(O)cc1. The molecule has 218 valence electrons. The van der Waals surface area contributed by atoms with Crippen LogP contribution in [0.5, 0.6) is 5.75 Å². The first kappa shape index (κ1) is 30.3. The van der Waals surface area contributed by atoms with Crippen LogP contribution in [-0.4, -0.2) is 55.1 Å². The standard InChI is InChI=1S/C33H34FN3O3SSe/c1-2-37(41-27-17-11-24(34)12-18-27)28-20-29-31(22-9-15-26(38)16-10-22)32(33(28)40-29)23-7-13-25(14-8-23)36-30(39)6-4-3-5-19-42-21-35/h7-18,28-29,33,38H,2-6,19-20H2,1H3,(H,36,39). The number of carbonyl (C=O) groups is 1. The van der Waals surface area contributed by atoms with E-state index >= 15 is 0 Å². The minimum Gasteiger partial charge on any atom is -0.508 e. The fraction of sp³-hybridized carbons (Fsp3) is 0.333. The third-order valence-corrected chi connectivity index (χ3v) is 10.2. The first-order chi connectivity index (χ1) is 20.5. The second-order valence-electron chi connectivity index (χ2n) is 10.4. The van der Waals surface area contributed by atoms with Crippen molar-refractivity contribution >= 4 is 49.6 Å². The number of hydrogen-bond acceptors (Lipinski definition) is 6. The molecule has 2 aliphatic rings. The zero-order valence-electron chi connectivity index (χ0n) is 23.5. The fourth-order valence-corrected chi connectivity index (χ4v) is 7.56. The number of ether oxygens (including phenoxy) is 1. The van der Waals surface area contributed by atoms with Gasteiger partial charge in [-0.05, 0) is 65.9 Å². The van der Waals surface area contributed by atoms with E-state index in [0.29, 0.717) is 6.42 Å². The number of hydrogen-bond donors (Lipinski definition) is 2. The van der Waals surface area contributed by atoms with Gasteiger partial charge in [0.05, 0.1) is 12.1 Å². The Labute approximate surface area is 257 Å². The third kappa shape index (κ3) is 7.26. The summed E-state index contributed by atoms with van der Waals surface area (Å²) in [7, 11) is 0. The van der Waals surface area contributed by atoms with Gasteiger partial charge in [0.2, 0.25) is 0 Å². The summed E-state index contributed by atoms with van der Waals surface area (Å²) in [6.07, 6.45) is 3.83. The molecule has 2 N–H and O–H groups in total. The maximum Gasteiger partial charge on any atom is 0.115 e. The van der Waals surface area contributed by atoms with Crippen LogP contribution in [0, 0.1) is 16.0 Å². The van der Waals surface area contributed by atoms with Crippen LogP contribution < -0.4 is 5.32 Å². The van der Waals surface area contributed by atoms with Crippen LogP contribution in [0.25, 0.3) is 11.1 Å². The van der Waals surface area contributed by atoms with E-state index in [4.69, 9.17) is 10.00 Å². The zero-order valence-corrected chi connectivity index (χ0v) is 26.0. The normalized spacial score (nSPS) is 19.3. The number of rotatable bonds is 13. The molecule has 1 fully saturated rings. The zero-order chi connectivity index (χ0) is 29.5. The first-order valence-corrected chi connectivity index (χ1v) is 17.1. The van der Waals surface area contributed by atoms with Gasteiger partial charge in [-0.25, -0.2) is 8.70 Å². The number of anilines is 1. The van der Waals surface area contributed by atoms with Gasteiger partial charge in [-0.2, -0.15) is 0 Å². The Balaban J connectivity index is 1.34. The number of nitrogens with zero attached hydrogens (tertiary/aromatic N) is 2. The van der Waals surface area contributed by atoms with E-state index in [1.165, 1.54) is 12.1 Å². The Morgan fingerprint density at radius 2 is 1.74 bits per heavy atom. The van der Waals surface area contributed by atoms with E-state index in [2.05, 4.69) is 21.5 Å². The van der Waals surface area contributed by atoms with E-state index in [1.807, 2.05) is 36.4 Å². The second kappa shape index (κ2) is 14.4. The molecule has 9 heteroatoms. The predicted octanol–water partition coefficient (Wildman–Crippen LogP) is 7.11. The molecule has 1 saturated heterocycles. The smallest absolute Gasteiger partial charge is 0.115 e. The van der Waals surface area contributed by atoms with Gasteiger partial charge in [-0.3, -0.25) is 0 Å². The molecule has 0 aliphatic carbocycles. The van der Waals surface area contributed by atoms with Crippen LogP contribution in [0.15, 0.2) is 77.7 Å². The molecule has 2 aliphatic heterocycles. The maximum absolute atomic E-state index is 13.5. The van der Waals surface area contributed by atoms with Gasteiger partial charge in [0.1, 0.15) is 17.7 Å². The molecule has 0 radical (unpaired) electrons. The van der Waals surface area contributed by atoms with Crippen molar-refractivity contribution in [3.8, 4) is 10.7 Å². The van der Waals surface area contributed by atoms with Crippen molar-refractivity contribution in [2.24, 2.45) is 0 Å². The van der Waals surface area contributed by atoms with Gasteiger partial charge in [0, 0.05) is 11.4 Å². The number of unbranched alkanes of at least 4 members (excludes halogenated alkanes) is 2. The topological polar surface area (TPSA) is 85.6 Å². The molecular weight excluding hydrogens is 616 g/mol. The Morgan fingerprint density at radius 1 is 1.05 bits per heavy atom. The Kier molecular flexibility index (Phi) is 10.4. The largest absolute Gasteiger partial charge is 0.508 e. The number of aromatic hydroxyl groups is 1. The van der Waals surface area contributed by atoms with Crippen molar-refractivity contribution in [1.82, 2.24) is 4.31 Å². The number of nitriles is 1. The van der Waals surface area contributed by atoms with Gasteiger partial charge in [0.15, 0.2) is 0 Å². The third-order valence-electron chi connectivity index (χ3n) is 7.60. The van der Waals surface area contributed by atoms with Crippen LogP contribution in [-0.2, 0) is 9.53 Å². The minimum atomic E-state index is -0.248. The quantitative estimate of drug-likeness (QED) is 0.117. The van der Waals surface area contributed by atoms with E-state index in [1.54, 1.807) is 36.2 Å². The van der Waals surface area contributed by atoms with Crippen molar-refractivity contribution in [2.75, 3.05) is 11.9 Å².